The smallest absolute Gasteiger partial charge is 0.299 e. The van der Waals surface area contributed by atoms with Gasteiger partial charge in [-0.1, -0.05) is 18.7 Å². The topological polar surface area (TPSA) is 84.0 Å². The van der Waals surface area contributed by atoms with Crippen molar-refractivity contribution in [3.05, 3.63) is 60.9 Å². The lowest BCUT2D eigenvalue weighted by atomic mass is 10.2. The van der Waals surface area contributed by atoms with Crippen LogP contribution in [0, 0.1) is 0 Å². The summed E-state index contributed by atoms with van der Waals surface area (Å²) >= 11 is 1.40. The number of nitrogens with one attached hydrogen (secondary N) is 4. The van der Waals surface area contributed by atoms with Gasteiger partial charge in [0.1, 0.15) is 0 Å². The van der Waals surface area contributed by atoms with E-state index in [1.807, 2.05) is 36.4 Å². The highest BCUT2D eigenvalue weighted by atomic mass is 32.2. The molecule has 2 aromatic heterocycles. The van der Waals surface area contributed by atoms with Gasteiger partial charge < -0.3 is 0 Å². The van der Waals surface area contributed by atoms with E-state index >= 15 is 0 Å². The average Bonchev–Trinajstić information content (AvgIpc) is 3.01. The van der Waals surface area contributed by atoms with Gasteiger partial charge in [-0.15, -0.1) is 0 Å². The van der Waals surface area contributed by atoms with Crippen LogP contribution in [0.5, 0.6) is 0 Å². The van der Waals surface area contributed by atoms with E-state index in [0.29, 0.717) is 5.70 Å². The molecular formula is C16H16N5OS+. The van der Waals surface area contributed by atoms with E-state index in [9.17, 15) is 4.79 Å². The maximum atomic E-state index is 11.9. The summed E-state index contributed by atoms with van der Waals surface area (Å²) in [5, 5.41) is 0.842. The Morgan fingerprint density at radius 3 is 2.78 bits per heavy atom. The molecule has 3 rings (SSSR count). The van der Waals surface area contributed by atoms with Crippen LogP contribution < -0.4 is 15.8 Å². The Bertz CT molecular complexity index is 798. The van der Waals surface area contributed by atoms with Crippen molar-refractivity contribution in [1.29, 1.82) is 0 Å². The van der Waals surface area contributed by atoms with Crippen molar-refractivity contribution >= 4 is 34.4 Å². The lowest BCUT2D eigenvalue weighted by molar-refractivity contribution is -0.396. The molecule has 0 aliphatic heterocycles. The molecule has 0 spiro atoms. The van der Waals surface area contributed by atoms with Crippen LogP contribution in [0.25, 0.3) is 16.7 Å². The van der Waals surface area contributed by atoms with E-state index in [1.54, 1.807) is 12.4 Å². The number of carbonyl (C=O) groups is 1. The summed E-state index contributed by atoms with van der Waals surface area (Å²) in [6.45, 7) is 3.87. The van der Waals surface area contributed by atoms with E-state index < -0.39 is 0 Å². The zero-order valence-corrected chi connectivity index (χ0v) is 13.1. The molecule has 23 heavy (non-hydrogen) atoms. The maximum absolute atomic E-state index is 11.9. The van der Waals surface area contributed by atoms with E-state index in [0.717, 1.165) is 21.8 Å². The Morgan fingerprint density at radius 2 is 2.00 bits per heavy atom. The van der Waals surface area contributed by atoms with Gasteiger partial charge in [-0.05, 0) is 36.0 Å². The number of pyridine rings is 1. The van der Waals surface area contributed by atoms with Crippen molar-refractivity contribution in [3.8, 4) is 0 Å². The molecule has 0 bridgehead atoms. The summed E-state index contributed by atoms with van der Waals surface area (Å²) in [5.41, 5.74) is 8.95. The fraction of sp³-hybridized carbons (Fsp3) is 0.0625. The lowest BCUT2D eigenvalue weighted by Gasteiger charge is -2.10. The Morgan fingerprint density at radius 1 is 1.22 bits per heavy atom. The van der Waals surface area contributed by atoms with Gasteiger partial charge in [0.15, 0.2) is 11.0 Å². The van der Waals surface area contributed by atoms with Crippen molar-refractivity contribution in [3.63, 3.8) is 0 Å². The Labute approximate surface area is 137 Å². The largest absolute Gasteiger partial charge is 0.315 e. The number of aromatic amines is 2. The van der Waals surface area contributed by atoms with Crippen molar-refractivity contribution in [1.82, 2.24) is 20.8 Å². The highest BCUT2D eigenvalue weighted by molar-refractivity contribution is 7.99. The number of imidazole rings is 1. The number of benzene rings is 1. The van der Waals surface area contributed by atoms with Crippen molar-refractivity contribution in [2.75, 3.05) is 5.75 Å². The second kappa shape index (κ2) is 6.97. The zero-order chi connectivity index (χ0) is 16.1. The molecular weight excluding hydrogens is 310 g/mol. The first-order valence-electron chi connectivity index (χ1n) is 6.99. The maximum Gasteiger partial charge on any atom is 0.315 e. The second-order valence-corrected chi connectivity index (χ2v) is 5.79. The minimum atomic E-state index is -0.141. The molecule has 0 fully saturated rings. The van der Waals surface area contributed by atoms with Crippen molar-refractivity contribution in [2.45, 2.75) is 5.16 Å². The highest BCUT2D eigenvalue weighted by Gasteiger charge is 2.12. The van der Waals surface area contributed by atoms with Gasteiger partial charge in [-0.3, -0.25) is 20.6 Å². The molecule has 0 saturated carbocycles. The van der Waals surface area contributed by atoms with Gasteiger partial charge in [0.2, 0.25) is 5.91 Å². The highest BCUT2D eigenvalue weighted by Crippen LogP contribution is 2.14. The van der Waals surface area contributed by atoms with Crippen LogP contribution in [0.15, 0.2) is 60.5 Å². The number of para-hydroxylation sites is 2. The molecule has 116 valence electrons. The van der Waals surface area contributed by atoms with E-state index in [-0.39, 0.29) is 11.7 Å². The van der Waals surface area contributed by atoms with Gasteiger partial charge in [0, 0.05) is 18.0 Å². The Hall–Kier alpha value is -2.80. The second-order valence-electron chi connectivity index (χ2n) is 4.80. The van der Waals surface area contributed by atoms with Crippen LogP contribution >= 0.6 is 11.8 Å². The molecule has 0 radical (unpaired) electrons. The molecule has 1 amide bonds. The molecule has 4 N–H and O–H groups in total. The molecule has 6 nitrogen and oxygen atoms in total. The number of thioether (sulfide) groups is 1. The van der Waals surface area contributed by atoms with Gasteiger partial charge in [-0.2, -0.15) is 0 Å². The van der Waals surface area contributed by atoms with Crippen LogP contribution in [0.1, 0.15) is 5.56 Å². The Balaban J connectivity index is 1.49. The standard InChI is InChI=1S/C16H15N5OS/c1-11(12-6-8-17-9-7-12)20-21-15(22)10-23-16-18-13-4-2-3-5-14(13)19-16/h2-9,20H,1,10H2,(H,18,19)(H,21,22)/p+1. The summed E-state index contributed by atoms with van der Waals surface area (Å²) in [4.78, 5) is 22.3. The lowest BCUT2D eigenvalue weighted by Crippen LogP contribution is -2.37. The van der Waals surface area contributed by atoms with E-state index in [4.69, 9.17) is 0 Å². The molecule has 0 atom stereocenters. The monoisotopic (exact) mass is 326 g/mol. The first kappa shape index (κ1) is 15.1. The molecule has 2 heterocycles. The molecule has 0 aliphatic rings. The van der Waals surface area contributed by atoms with E-state index in [2.05, 4.69) is 32.4 Å². The summed E-state index contributed by atoms with van der Waals surface area (Å²) < 4.78 is 0. The van der Waals surface area contributed by atoms with Gasteiger partial charge in [-0.25, -0.2) is 9.97 Å². The molecule has 0 aliphatic carbocycles. The number of hydrogen-bond acceptors (Lipinski definition) is 4. The Kier molecular flexibility index (Phi) is 4.58. The summed E-state index contributed by atoms with van der Waals surface area (Å²) in [6, 6.07) is 11.5. The van der Waals surface area contributed by atoms with Crippen LogP contribution in [-0.4, -0.2) is 21.6 Å². The minimum Gasteiger partial charge on any atom is -0.299 e. The number of H-pyrrole nitrogens is 2. The number of hydrogen-bond donors (Lipinski definition) is 3. The fourth-order valence-corrected chi connectivity index (χ4v) is 2.71. The molecule has 7 heteroatoms. The molecule has 3 aromatic rings. The minimum absolute atomic E-state index is 0.141. The van der Waals surface area contributed by atoms with Crippen LogP contribution in [0.3, 0.4) is 0 Å². The summed E-state index contributed by atoms with van der Waals surface area (Å²) in [6.07, 6.45) is 3.34. The predicted molar refractivity (Wildman–Crippen MR) is 90.1 cm³/mol. The quantitative estimate of drug-likeness (QED) is 0.476. The van der Waals surface area contributed by atoms with Crippen LogP contribution in [0.2, 0.25) is 0 Å². The van der Waals surface area contributed by atoms with E-state index in [1.165, 1.54) is 11.8 Å². The molecule has 0 unspecified atom stereocenters. The number of nitrogens with zero attached hydrogens (tertiary/aromatic N) is 1. The first-order valence-corrected chi connectivity index (χ1v) is 7.98. The number of amides is 1. The van der Waals surface area contributed by atoms with Gasteiger partial charge in [0.25, 0.3) is 0 Å². The van der Waals surface area contributed by atoms with Crippen LogP contribution in [0.4, 0.5) is 0 Å². The SMILES string of the molecule is C=C(NNC(=O)CSc1[nH]c2ccccc2[nH+]1)c1ccncc1. The third-order valence-electron chi connectivity index (χ3n) is 3.15. The number of hydrazine groups is 1. The molecule has 0 saturated heterocycles. The summed E-state index contributed by atoms with van der Waals surface area (Å²) in [7, 11) is 0. The predicted octanol–water partition coefficient (Wildman–Crippen LogP) is 1.76. The third-order valence-corrected chi connectivity index (χ3v) is 4.05. The first-order chi connectivity index (χ1) is 11.2. The number of fused-ring (bicyclic) bond motifs is 1. The van der Waals surface area contributed by atoms with Gasteiger partial charge in [0.05, 0.1) is 11.4 Å². The van der Waals surface area contributed by atoms with Crippen molar-refractivity contribution < 1.29 is 9.78 Å². The van der Waals surface area contributed by atoms with Crippen molar-refractivity contribution in [2.24, 2.45) is 0 Å². The van der Waals surface area contributed by atoms with Crippen LogP contribution in [-0.2, 0) is 4.79 Å². The van der Waals surface area contributed by atoms with Gasteiger partial charge >= 0.3 is 5.16 Å². The molecule has 1 aromatic carbocycles. The third kappa shape index (κ3) is 3.89. The zero-order valence-electron chi connectivity index (χ0n) is 12.3. The number of carbonyl (C=O) groups excluding carboxylic acids is 1. The normalized spacial score (nSPS) is 10.4. The number of aromatic nitrogens is 3. The number of rotatable bonds is 6. The average molecular weight is 326 g/mol. The summed E-state index contributed by atoms with van der Waals surface area (Å²) in [5.74, 6) is 0.136. The fourth-order valence-electron chi connectivity index (χ4n) is 1.99.